The van der Waals surface area contributed by atoms with Crippen LogP contribution in [0.2, 0.25) is 0 Å². The monoisotopic (exact) mass is 546 g/mol. The van der Waals surface area contributed by atoms with Crippen LogP contribution in [0, 0.1) is 0 Å². The van der Waals surface area contributed by atoms with E-state index in [0.29, 0.717) is 26.4 Å². The van der Waals surface area contributed by atoms with E-state index in [9.17, 15) is 0 Å². The lowest BCUT2D eigenvalue weighted by molar-refractivity contribution is 0.179. The summed E-state index contributed by atoms with van der Waals surface area (Å²) in [6, 6.07) is 30.9. The maximum absolute atomic E-state index is 6.13. The van der Waals surface area contributed by atoms with Gasteiger partial charge in [0.2, 0.25) is 0 Å². The third-order valence-corrected chi connectivity index (χ3v) is 7.85. The minimum atomic E-state index is -0.490. The number of rotatable bonds is 14. The lowest BCUT2D eigenvalue weighted by atomic mass is 9.67. The molecule has 0 aromatic heterocycles. The maximum Gasteiger partial charge on any atom is 0.122 e. The van der Waals surface area contributed by atoms with Gasteiger partial charge in [-0.15, -0.1) is 0 Å². The summed E-state index contributed by atoms with van der Waals surface area (Å²) in [7, 11) is 0. The maximum atomic E-state index is 6.13. The quantitative estimate of drug-likeness (QED) is 0.104. The molecule has 0 saturated heterocycles. The van der Waals surface area contributed by atoms with Crippen LogP contribution in [0.4, 0.5) is 0 Å². The molecule has 0 bridgehead atoms. The summed E-state index contributed by atoms with van der Waals surface area (Å²) < 4.78 is 22.8. The first kappa shape index (κ1) is 28.1. The van der Waals surface area contributed by atoms with Gasteiger partial charge in [-0.3, -0.25) is 0 Å². The van der Waals surface area contributed by atoms with E-state index in [0.717, 1.165) is 24.3 Å². The molecular formula is C37H38O4. The van der Waals surface area contributed by atoms with Crippen molar-refractivity contribution >= 4 is 0 Å². The van der Waals surface area contributed by atoms with Gasteiger partial charge in [-0.25, -0.2) is 0 Å². The van der Waals surface area contributed by atoms with Gasteiger partial charge in [-0.05, 0) is 69.5 Å². The van der Waals surface area contributed by atoms with Crippen LogP contribution in [-0.4, -0.2) is 26.4 Å². The van der Waals surface area contributed by atoms with Crippen LogP contribution in [0.3, 0.4) is 0 Å². The van der Waals surface area contributed by atoms with E-state index in [1.807, 2.05) is 0 Å². The summed E-state index contributed by atoms with van der Waals surface area (Å²) in [5.74, 6) is 1.77. The second-order valence-corrected chi connectivity index (χ2v) is 9.97. The zero-order chi connectivity index (χ0) is 28.7. The molecule has 0 aliphatic heterocycles. The molecule has 0 saturated carbocycles. The van der Waals surface area contributed by atoms with Crippen LogP contribution >= 0.6 is 0 Å². The van der Waals surface area contributed by atoms with Crippen molar-refractivity contribution in [2.45, 2.75) is 32.1 Å². The Balaban J connectivity index is 1.69. The molecule has 0 spiro atoms. The number of hydrogen-bond acceptors (Lipinski definition) is 4. The van der Waals surface area contributed by atoms with Gasteiger partial charge in [0, 0.05) is 0 Å². The Hall–Kier alpha value is -4.44. The molecule has 0 atom stereocenters. The van der Waals surface area contributed by atoms with Crippen LogP contribution in [0.1, 0.15) is 47.2 Å². The van der Waals surface area contributed by atoms with E-state index in [1.165, 1.54) is 57.0 Å². The summed E-state index contributed by atoms with van der Waals surface area (Å²) in [5.41, 5.74) is 9.38. The molecule has 0 heterocycles. The van der Waals surface area contributed by atoms with Crippen molar-refractivity contribution < 1.29 is 18.9 Å². The summed E-state index contributed by atoms with van der Waals surface area (Å²) in [4.78, 5) is 0. The molecular weight excluding hydrogens is 508 g/mol. The van der Waals surface area contributed by atoms with Crippen molar-refractivity contribution in [2.75, 3.05) is 26.4 Å². The topological polar surface area (TPSA) is 36.9 Å². The second kappa shape index (κ2) is 12.8. The number of hydrogen-bond donors (Lipinski definition) is 0. The van der Waals surface area contributed by atoms with Gasteiger partial charge in [0.05, 0.1) is 17.9 Å². The molecule has 0 N–H and O–H groups in total. The third-order valence-electron chi connectivity index (χ3n) is 7.85. The van der Waals surface area contributed by atoms with E-state index < -0.39 is 5.41 Å². The molecule has 4 nitrogen and oxygen atoms in total. The molecule has 0 amide bonds. The molecule has 0 fully saturated rings. The molecule has 1 aliphatic carbocycles. The molecule has 5 rings (SSSR count). The smallest absolute Gasteiger partial charge is 0.122 e. The summed E-state index contributed by atoms with van der Waals surface area (Å²) in [6.45, 7) is 13.4. The fraction of sp³-hybridized carbons (Fsp3) is 0.243. The van der Waals surface area contributed by atoms with Gasteiger partial charge in [0.15, 0.2) is 0 Å². The number of fused-ring (bicyclic) bond motifs is 3. The summed E-state index contributed by atoms with van der Waals surface area (Å²) >= 11 is 0. The standard InChI is InChI=1S/C37H38O4/c1-5-27-25-29(17-19-35(27)40-23-21-38-7-3)37(30-18-20-36(28(6-2)26-30)41-24-22-39-8-4)33-15-11-9-13-31(33)32-14-10-12-16-34(32)37/h7-20,25-26H,3-6,21-24H2,1-2H3. The van der Waals surface area contributed by atoms with Crippen LogP contribution in [0.5, 0.6) is 11.5 Å². The van der Waals surface area contributed by atoms with Gasteiger partial charge < -0.3 is 18.9 Å². The fourth-order valence-corrected chi connectivity index (χ4v) is 6.05. The van der Waals surface area contributed by atoms with E-state index >= 15 is 0 Å². The first-order chi connectivity index (χ1) is 20.2. The van der Waals surface area contributed by atoms with Crippen LogP contribution in [0.15, 0.2) is 111 Å². The summed E-state index contributed by atoms with van der Waals surface area (Å²) in [5, 5.41) is 0. The predicted octanol–water partition coefficient (Wildman–Crippen LogP) is 8.25. The first-order valence-corrected chi connectivity index (χ1v) is 14.4. The first-order valence-electron chi connectivity index (χ1n) is 14.4. The van der Waals surface area contributed by atoms with E-state index in [2.05, 4.69) is 112 Å². The van der Waals surface area contributed by atoms with Gasteiger partial charge in [-0.1, -0.05) is 99.8 Å². The van der Waals surface area contributed by atoms with Gasteiger partial charge >= 0.3 is 0 Å². The van der Waals surface area contributed by atoms with Crippen LogP contribution in [0.25, 0.3) is 11.1 Å². The molecule has 4 aromatic rings. The highest BCUT2D eigenvalue weighted by molar-refractivity contribution is 5.86. The Morgan fingerprint density at radius 3 is 1.44 bits per heavy atom. The zero-order valence-corrected chi connectivity index (χ0v) is 24.0. The van der Waals surface area contributed by atoms with Crippen molar-refractivity contribution in [3.05, 3.63) is 144 Å². The van der Waals surface area contributed by atoms with Crippen molar-refractivity contribution in [1.29, 1.82) is 0 Å². The lowest BCUT2D eigenvalue weighted by Gasteiger charge is -2.35. The summed E-state index contributed by atoms with van der Waals surface area (Å²) in [6.07, 6.45) is 4.60. The lowest BCUT2D eigenvalue weighted by Crippen LogP contribution is -2.29. The average molecular weight is 547 g/mol. The highest BCUT2D eigenvalue weighted by Gasteiger charge is 2.46. The van der Waals surface area contributed by atoms with Crippen LogP contribution < -0.4 is 9.47 Å². The fourth-order valence-electron chi connectivity index (χ4n) is 6.05. The second-order valence-electron chi connectivity index (χ2n) is 9.97. The van der Waals surface area contributed by atoms with Gasteiger partial charge in [0.1, 0.15) is 37.9 Å². The molecule has 4 aromatic carbocycles. The molecule has 210 valence electrons. The number of ether oxygens (including phenoxy) is 4. The minimum Gasteiger partial charge on any atom is -0.498 e. The van der Waals surface area contributed by atoms with Crippen molar-refractivity contribution in [1.82, 2.24) is 0 Å². The molecule has 0 unspecified atom stereocenters. The molecule has 41 heavy (non-hydrogen) atoms. The van der Waals surface area contributed by atoms with Gasteiger partial charge in [-0.2, -0.15) is 0 Å². The highest BCUT2D eigenvalue weighted by Crippen LogP contribution is 2.56. The zero-order valence-electron chi connectivity index (χ0n) is 24.0. The third kappa shape index (κ3) is 5.22. The van der Waals surface area contributed by atoms with Crippen molar-refractivity contribution in [3.63, 3.8) is 0 Å². The molecule has 0 radical (unpaired) electrons. The predicted molar refractivity (Wildman–Crippen MR) is 166 cm³/mol. The van der Waals surface area contributed by atoms with E-state index in [1.54, 1.807) is 0 Å². The largest absolute Gasteiger partial charge is 0.498 e. The minimum absolute atomic E-state index is 0.465. The van der Waals surface area contributed by atoms with E-state index in [4.69, 9.17) is 18.9 Å². The molecule has 4 heteroatoms. The van der Waals surface area contributed by atoms with Crippen LogP contribution in [-0.2, 0) is 27.7 Å². The van der Waals surface area contributed by atoms with E-state index in [-0.39, 0.29) is 0 Å². The normalized spacial score (nSPS) is 12.6. The van der Waals surface area contributed by atoms with Crippen molar-refractivity contribution in [3.8, 4) is 22.6 Å². The Labute approximate surface area is 243 Å². The van der Waals surface area contributed by atoms with Gasteiger partial charge in [0.25, 0.3) is 0 Å². The molecule has 1 aliphatic rings. The SMILES string of the molecule is C=COCCOc1ccc(C2(c3ccc(OCCOC=C)c(CC)c3)c3ccccc3-c3ccccc32)cc1CC. The highest BCUT2D eigenvalue weighted by atomic mass is 16.5. The Morgan fingerprint density at radius 2 is 1.02 bits per heavy atom. The Bertz CT molecular complexity index is 1400. The Kier molecular flexibility index (Phi) is 8.79. The van der Waals surface area contributed by atoms with Crippen molar-refractivity contribution in [2.24, 2.45) is 0 Å². The average Bonchev–Trinajstić information content (AvgIpc) is 3.32. The number of benzene rings is 4. The Morgan fingerprint density at radius 1 is 0.585 bits per heavy atom. The number of aryl methyl sites for hydroxylation is 2.